The topological polar surface area (TPSA) is 63.2 Å². The molecule has 0 aliphatic heterocycles. The van der Waals surface area contributed by atoms with E-state index in [4.69, 9.17) is 0 Å². The summed E-state index contributed by atoms with van der Waals surface area (Å²) < 4.78 is 0. The predicted octanol–water partition coefficient (Wildman–Crippen LogP) is 4.33. The van der Waals surface area contributed by atoms with Crippen LogP contribution in [0.5, 0.6) is 0 Å². The molecule has 1 aromatic carbocycles. The van der Waals surface area contributed by atoms with E-state index in [9.17, 15) is 14.4 Å². The van der Waals surface area contributed by atoms with E-state index in [-0.39, 0.29) is 30.3 Å². The van der Waals surface area contributed by atoms with E-state index < -0.39 is 11.8 Å². The summed E-state index contributed by atoms with van der Waals surface area (Å²) in [5.74, 6) is -1.43. The van der Waals surface area contributed by atoms with Crippen LogP contribution in [0.1, 0.15) is 80.0 Å². The lowest BCUT2D eigenvalue weighted by Crippen LogP contribution is -2.28. The van der Waals surface area contributed by atoms with Crippen molar-refractivity contribution in [1.82, 2.24) is 5.32 Å². The van der Waals surface area contributed by atoms with Crippen LogP contribution in [0.2, 0.25) is 0 Å². The van der Waals surface area contributed by atoms with Crippen LogP contribution in [0, 0.1) is 26.7 Å². The summed E-state index contributed by atoms with van der Waals surface area (Å²) in [4.78, 5) is 37.7. The summed E-state index contributed by atoms with van der Waals surface area (Å²) in [7, 11) is 0. The van der Waals surface area contributed by atoms with E-state index in [1.807, 2.05) is 32.9 Å². The van der Waals surface area contributed by atoms with Crippen molar-refractivity contribution < 1.29 is 14.4 Å². The lowest BCUT2D eigenvalue weighted by molar-refractivity contribution is -0.128. The van der Waals surface area contributed by atoms with Crippen molar-refractivity contribution in [2.45, 2.75) is 78.6 Å². The summed E-state index contributed by atoms with van der Waals surface area (Å²) in [6.45, 7) is 8.74. The lowest BCUT2D eigenvalue weighted by atomic mass is 9.86. The minimum Gasteiger partial charge on any atom is -0.356 e. The number of nitrogens with one attached hydrogen (secondary N) is 1. The van der Waals surface area contributed by atoms with Crippen LogP contribution in [0.25, 0.3) is 0 Å². The molecule has 27 heavy (non-hydrogen) atoms. The van der Waals surface area contributed by atoms with E-state index in [0.717, 1.165) is 35.1 Å². The Balaban J connectivity index is 1.93. The third-order valence-electron chi connectivity index (χ3n) is 5.52. The number of hydrogen-bond donors (Lipinski definition) is 1. The van der Waals surface area contributed by atoms with Gasteiger partial charge in [-0.2, -0.15) is 0 Å². The number of carbonyl (C=O) groups is 3. The number of aryl methyl sites for hydroxylation is 3. The molecule has 2 atom stereocenters. The number of amides is 1. The van der Waals surface area contributed by atoms with Crippen LogP contribution in [-0.2, 0) is 14.4 Å². The zero-order chi connectivity index (χ0) is 20.0. The largest absolute Gasteiger partial charge is 0.356 e. The Hall–Kier alpha value is -1.97. The highest BCUT2D eigenvalue weighted by atomic mass is 16.2. The van der Waals surface area contributed by atoms with Gasteiger partial charge in [0.15, 0.2) is 5.78 Å². The molecule has 2 unspecified atom stereocenters. The number of ketones is 2. The Bertz CT molecular complexity index is 685. The van der Waals surface area contributed by atoms with Crippen LogP contribution in [0.3, 0.4) is 0 Å². The van der Waals surface area contributed by atoms with Crippen LogP contribution in [-0.4, -0.2) is 24.0 Å². The Morgan fingerprint density at radius 1 is 1.04 bits per heavy atom. The fourth-order valence-electron chi connectivity index (χ4n) is 4.23. The maximum absolute atomic E-state index is 12.9. The van der Waals surface area contributed by atoms with Crippen molar-refractivity contribution in [3.05, 3.63) is 34.4 Å². The predicted molar refractivity (Wildman–Crippen MR) is 108 cm³/mol. The van der Waals surface area contributed by atoms with Crippen molar-refractivity contribution in [3.8, 4) is 0 Å². The summed E-state index contributed by atoms with van der Waals surface area (Å²) in [5.41, 5.74) is 3.93. The maximum atomic E-state index is 12.9. The first-order chi connectivity index (χ1) is 12.8. The zero-order valence-corrected chi connectivity index (χ0v) is 17.2. The van der Waals surface area contributed by atoms with E-state index >= 15 is 0 Å². The molecule has 0 heterocycles. The quantitative estimate of drug-likeness (QED) is 0.519. The van der Waals surface area contributed by atoms with Crippen molar-refractivity contribution in [3.63, 3.8) is 0 Å². The van der Waals surface area contributed by atoms with Crippen molar-refractivity contribution in [2.24, 2.45) is 5.92 Å². The fraction of sp³-hybridized carbons (Fsp3) is 0.609. The third kappa shape index (κ3) is 5.50. The van der Waals surface area contributed by atoms with Gasteiger partial charge in [0.25, 0.3) is 0 Å². The zero-order valence-electron chi connectivity index (χ0n) is 17.2. The van der Waals surface area contributed by atoms with Crippen LogP contribution in [0.4, 0.5) is 0 Å². The van der Waals surface area contributed by atoms with Gasteiger partial charge in [0.2, 0.25) is 5.91 Å². The number of Topliss-reactive ketones (excluding diaryl/α,β-unsaturated/α-hetero) is 2. The van der Waals surface area contributed by atoms with Crippen LogP contribution < -0.4 is 5.32 Å². The van der Waals surface area contributed by atoms with E-state index in [1.165, 1.54) is 19.3 Å². The summed E-state index contributed by atoms with van der Waals surface area (Å²) in [6.07, 6.45) is 6.01. The van der Waals surface area contributed by atoms with Gasteiger partial charge in [0.05, 0.1) is 0 Å². The van der Waals surface area contributed by atoms with Gasteiger partial charge in [-0.25, -0.2) is 0 Å². The molecule has 1 saturated carbocycles. The van der Waals surface area contributed by atoms with Gasteiger partial charge < -0.3 is 5.32 Å². The minimum atomic E-state index is -0.697. The summed E-state index contributed by atoms with van der Waals surface area (Å²) in [6, 6.07) is 4.03. The molecule has 0 bridgehead atoms. The number of unbranched alkanes of at least 4 members (excludes halogenated alkanes) is 4. The number of rotatable bonds is 9. The van der Waals surface area contributed by atoms with Gasteiger partial charge >= 0.3 is 0 Å². The molecule has 2 rings (SSSR count). The average Bonchev–Trinajstić information content (AvgIpc) is 2.85. The molecular weight excluding hydrogens is 338 g/mol. The molecule has 1 aliphatic rings. The fourth-order valence-corrected chi connectivity index (χ4v) is 4.23. The van der Waals surface area contributed by atoms with E-state index in [0.29, 0.717) is 6.54 Å². The first-order valence-electron chi connectivity index (χ1n) is 10.3. The molecule has 0 radical (unpaired) electrons. The normalized spacial score (nSPS) is 19.6. The highest BCUT2D eigenvalue weighted by molar-refractivity contribution is 6.15. The van der Waals surface area contributed by atoms with Gasteiger partial charge in [-0.15, -0.1) is 0 Å². The first kappa shape index (κ1) is 21.3. The summed E-state index contributed by atoms with van der Waals surface area (Å²) in [5, 5.41) is 2.90. The molecular formula is C23H33NO3. The highest BCUT2D eigenvalue weighted by Gasteiger charge is 2.43. The molecule has 1 aromatic rings. The Morgan fingerprint density at radius 2 is 1.67 bits per heavy atom. The smallest absolute Gasteiger partial charge is 0.220 e. The first-order valence-corrected chi connectivity index (χ1v) is 10.3. The summed E-state index contributed by atoms with van der Waals surface area (Å²) >= 11 is 0. The van der Waals surface area contributed by atoms with E-state index in [2.05, 4.69) is 12.2 Å². The maximum Gasteiger partial charge on any atom is 0.220 e. The standard InChI is InChI=1S/C23H33NO3/c1-5-6-7-8-9-10-24-20(26)14-18-13-19(25)22(23(18)27)21-16(3)11-15(2)12-17(21)4/h11-12,18,22H,5-10,13-14H2,1-4H3,(H,24,26). The molecule has 4 heteroatoms. The van der Waals surface area contributed by atoms with Crippen molar-refractivity contribution in [2.75, 3.05) is 6.54 Å². The van der Waals surface area contributed by atoms with Crippen molar-refractivity contribution in [1.29, 1.82) is 0 Å². The molecule has 0 spiro atoms. The van der Waals surface area contributed by atoms with Crippen LogP contribution in [0.15, 0.2) is 12.1 Å². The van der Waals surface area contributed by atoms with E-state index in [1.54, 1.807) is 0 Å². The second-order valence-corrected chi connectivity index (χ2v) is 7.98. The highest BCUT2D eigenvalue weighted by Crippen LogP contribution is 2.37. The van der Waals surface area contributed by atoms with Gasteiger partial charge in [0, 0.05) is 25.3 Å². The molecule has 1 aliphatic carbocycles. The number of hydrogen-bond acceptors (Lipinski definition) is 3. The second-order valence-electron chi connectivity index (χ2n) is 7.98. The molecule has 1 amide bonds. The second kappa shape index (κ2) is 9.82. The monoisotopic (exact) mass is 371 g/mol. The van der Waals surface area contributed by atoms with Gasteiger partial charge in [-0.3, -0.25) is 14.4 Å². The SMILES string of the molecule is CCCCCCCNC(=O)CC1CC(=O)C(c2c(C)cc(C)cc2C)C1=O. The molecule has 0 saturated heterocycles. The lowest BCUT2D eigenvalue weighted by Gasteiger charge is -2.16. The molecule has 4 nitrogen and oxygen atoms in total. The molecule has 148 valence electrons. The van der Waals surface area contributed by atoms with Gasteiger partial charge in [0.1, 0.15) is 11.7 Å². The van der Waals surface area contributed by atoms with Crippen LogP contribution >= 0.6 is 0 Å². The van der Waals surface area contributed by atoms with Gasteiger partial charge in [-0.1, -0.05) is 50.3 Å². The molecule has 1 N–H and O–H groups in total. The Kier molecular flexibility index (Phi) is 7.76. The minimum absolute atomic E-state index is 0.0487. The Labute approximate surface area is 163 Å². The number of benzene rings is 1. The molecule has 1 fully saturated rings. The van der Waals surface area contributed by atoms with Crippen molar-refractivity contribution >= 4 is 17.5 Å². The molecule has 0 aromatic heterocycles. The van der Waals surface area contributed by atoms with Gasteiger partial charge in [-0.05, 0) is 43.9 Å². The third-order valence-corrected chi connectivity index (χ3v) is 5.52. The number of carbonyl (C=O) groups excluding carboxylic acids is 3. The average molecular weight is 372 g/mol. The Morgan fingerprint density at radius 3 is 2.30 bits per heavy atom.